The van der Waals surface area contributed by atoms with E-state index in [0.717, 1.165) is 0 Å². The predicted molar refractivity (Wildman–Crippen MR) is 101 cm³/mol. The van der Waals surface area contributed by atoms with Crippen LogP contribution in [0.3, 0.4) is 0 Å². The molecular weight excluding hydrogens is 391 g/mol. The summed E-state index contributed by atoms with van der Waals surface area (Å²) < 4.78 is 29.5. The average molecular weight is 416 g/mol. The van der Waals surface area contributed by atoms with Crippen molar-refractivity contribution in [2.45, 2.75) is 32.3 Å². The zero-order chi connectivity index (χ0) is 20.3. The summed E-state index contributed by atoms with van der Waals surface area (Å²) in [5, 5.41) is 11.4. The van der Waals surface area contributed by atoms with E-state index in [4.69, 9.17) is 28.8 Å². The van der Waals surface area contributed by atoms with Crippen molar-refractivity contribution in [3.8, 4) is 0 Å². The van der Waals surface area contributed by atoms with Crippen LogP contribution in [0, 0.1) is 0 Å². The fraction of sp³-hybridized carbons (Fsp3) is 0.562. The van der Waals surface area contributed by atoms with Gasteiger partial charge in [0.05, 0.1) is 0 Å². The van der Waals surface area contributed by atoms with Gasteiger partial charge in [0.1, 0.15) is 0 Å². The van der Waals surface area contributed by atoms with Gasteiger partial charge in [0, 0.05) is 0 Å². The molecule has 3 atom stereocenters. The zero-order valence-electron chi connectivity index (χ0n) is 15.9. The van der Waals surface area contributed by atoms with Gasteiger partial charge >= 0.3 is 162 Å². The number of carbonyl (C=O) groups excluding carboxylic acids is 1. The Morgan fingerprint density at radius 3 is 2.93 bits per heavy atom. The van der Waals surface area contributed by atoms with Crippen molar-refractivity contribution in [2.24, 2.45) is 0 Å². The Morgan fingerprint density at radius 1 is 1.43 bits per heavy atom. The summed E-state index contributed by atoms with van der Waals surface area (Å²) in [5.41, 5.74) is 6.42. The van der Waals surface area contributed by atoms with Crippen LogP contribution in [-0.4, -0.2) is 64.5 Å². The third-order valence-corrected chi connectivity index (χ3v) is 6.22. The summed E-state index contributed by atoms with van der Waals surface area (Å²) in [7, 11) is -3.15. The van der Waals surface area contributed by atoms with Gasteiger partial charge in [-0.2, -0.15) is 0 Å². The van der Waals surface area contributed by atoms with Crippen molar-refractivity contribution in [1.82, 2.24) is 14.5 Å². The molecule has 11 nitrogen and oxygen atoms in total. The number of nitrogen functional groups attached to an aromatic ring is 1. The number of hydrogen-bond donors (Lipinski definition) is 2. The fourth-order valence-corrected chi connectivity index (χ4v) is 4.28. The molecule has 3 rings (SSSR count). The molecule has 0 saturated carbocycles. The van der Waals surface area contributed by atoms with E-state index in [1.807, 2.05) is 0 Å². The number of aromatic nitrogens is 3. The van der Waals surface area contributed by atoms with E-state index in [9.17, 15) is 9.90 Å². The van der Waals surface area contributed by atoms with Crippen LogP contribution < -0.4 is 5.73 Å². The topological polar surface area (TPSA) is 140 Å². The summed E-state index contributed by atoms with van der Waals surface area (Å²) >= 11 is 0. The molecule has 0 bridgehead atoms. The molecule has 2 aromatic heterocycles. The first kappa shape index (κ1) is 20.8. The number of hydrogen-bond acceptors (Lipinski definition) is 10. The Balaban J connectivity index is 1.80. The van der Waals surface area contributed by atoms with Gasteiger partial charge in [-0.1, -0.05) is 0 Å². The number of nitrogens with zero attached hydrogens (tertiary/aromatic N) is 3. The first-order valence-electron chi connectivity index (χ1n) is 8.75. The van der Waals surface area contributed by atoms with Gasteiger partial charge in [-0.25, -0.2) is 0 Å². The number of ether oxygens (including phenoxy) is 2. The number of fused-ring (bicyclic) bond motifs is 1. The van der Waals surface area contributed by atoms with Crippen molar-refractivity contribution < 1.29 is 32.9 Å². The number of aliphatic hydroxyl groups is 1. The van der Waals surface area contributed by atoms with Gasteiger partial charge in [-0.3, -0.25) is 0 Å². The number of aliphatic hydroxyl groups excluding tert-OH is 1. The van der Waals surface area contributed by atoms with Gasteiger partial charge in [0.2, 0.25) is 0 Å². The van der Waals surface area contributed by atoms with Gasteiger partial charge in [-0.05, 0) is 0 Å². The summed E-state index contributed by atoms with van der Waals surface area (Å²) in [6.45, 7) is 4.52. The standard InChI is InChI=1S/C16H25N4O7P/c1-10-6-24-28(3,26-9-23-11(2)21)25-7-13(22)16(27-10)20-5-4-12-14(17)18-8-19-15(12)20/h4-5,8,10,13,16,22,28H,6-7,9H2,1-3H3,(H2,17,18,19)/t10-,13-,16+/m0/s1. The molecule has 1 aliphatic rings. The summed E-state index contributed by atoms with van der Waals surface area (Å²) in [4.78, 5) is 19.1. The van der Waals surface area contributed by atoms with Crippen LogP contribution in [0.4, 0.5) is 5.82 Å². The van der Waals surface area contributed by atoms with E-state index in [2.05, 4.69) is 9.97 Å². The molecule has 0 aliphatic carbocycles. The van der Waals surface area contributed by atoms with E-state index in [1.54, 1.807) is 30.4 Å². The molecule has 0 aromatic carbocycles. The molecule has 28 heavy (non-hydrogen) atoms. The SMILES string of the molecule is CC(=O)OCO[PH]1(C)OC[C@H](C)O[C@@H](n2ccc3c(N)ncnc32)[C@@H](O)CO1. The molecular formula is C16H25N4O7P. The quantitative estimate of drug-likeness (QED) is 0.421. The molecule has 0 spiro atoms. The molecule has 3 N–H and O–H groups in total. The number of anilines is 1. The first-order chi connectivity index (χ1) is 13.3. The van der Waals surface area contributed by atoms with Crippen molar-refractivity contribution in [2.75, 3.05) is 32.4 Å². The Hall–Kier alpha value is -1.88. The molecule has 12 heteroatoms. The van der Waals surface area contributed by atoms with Crippen molar-refractivity contribution >= 4 is 30.8 Å². The summed E-state index contributed by atoms with van der Waals surface area (Å²) in [6, 6.07) is 1.76. The van der Waals surface area contributed by atoms with Crippen LogP contribution in [-0.2, 0) is 27.8 Å². The fourth-order valence-electron chi connectivity index (χ4n) is 2.75. The van der Waals surface area contributed by atoms with Gasteiger partial charge in [0.25, 0.3) is 0 Å². The molecule has 1 aliphatic heterocycles. The minimum absolute atomic E-state index is 0.111. The van der Waals surface area contributed by atoms with Crippen LogP contribution in [0.5, 0.6) is 0 Å². The van der Waals surface area contributed by atoms with Gasteiger partial charge < -0.3 is 0 Å². The maximum atomic E-state index is 10.9. The van der Waals surface area contributed by atoms with Crippen LogP contribution in [0.15, 0.2) is 18.6 Å². The van der Waals surface area contributed by atoms with Gasteiger partial charge in [-0.15, -0.1) is 0 Å². The van der Waals surface area contributed by atoms with E-state index < -0.39 is 26.2 Å². The normalized spacial score (nSPS) is 26.8. The summed E-state index contributed by atoms with van der Waals surface area (Å²) in [5.74, 6) is -0.133. The minimum atomic E-state index is -3.15. The Kier molecular flexibility index (Phi) is 6.43. The van der Waals surface area contributed by atoms with Crippen molar-refractivity contribution in [3.05, 3.63) is 18.6 Å². The monoisotopic (exact) mass is 416 g/mol. The van der Waals surface area contributed by atoms with E-state index in [1.165, 1.54) is 13.3 Å². The molecule has 2 aromatic rings. The second kappa shape index (κ2) is 8.64. The number of nitrogens with two attached hydrogens (primary N) is 1. The van der Waals surface area contributed by atoms with Crippen LogP contribution in [0.2, 0.25) is 0 Å². The van der Waals surface area contributed by atoms with Gasteiger partial charge in [0.15, 0.2) is 0 Å². The molecule has 3 heterocycles. The number of carbonyl (C=O) groups is 1. The van der Waals surface area contributed by atoms with E-state index in [0.29, 0.717) is 16.9 Å². The van der Waals surface area contributed by atoms with Crippen LogP contribution in [0.25, 0.3) is 11.0 Å². The zero-order valence-corrected chi connectivity index (χ0v) is 16.9. The second-order valence-corrected chi connectivity index (χ2v) is 9.10. The second-order valence-electron chi connectivity index (χ2n) is 6.51. The molecule has 156 valence electrons. The average Bonchev–Trinajstić information content (AvgIpc) is 3.08. The van der Waals surface area contributed by atoms with E-state index >= 15 is 0 Å². The van der Waals surface area contributed by atoms with E-state index in [-0.39, 0.29) is 26.1 Å². The van der Waals surface area contributed by atoms with Crippen LogP contribution in [0.1, 0.15) is 20.1 Å². The third kappa shape index (κ3) is 4.75. The van der Waals surface area contributed by atoms with Crippen LogP contribution >= 0.6 is 7.94 Å². The molecule has 0 unspecified atom stereocenters. The predicted octanol–water partition coefficient (Wildman–Crippen LogP) is 0.987. The first-order valence-corrected chi connectivity index (χ1v) is 11.0. The molecule has 1 fully saturated rings. The Bertz CT molecular complexity index is 834. The number of esters is 1. The third-order valence-electron chi connectivity index (χ3n) is 4.19. The molecule has 0 amide bonds. The number of rotatable bonds is 4. The Morgan fingerprint density at radius 2 is 2.18 bits per heavy atom. The molecule has 0 radical (unpaired) electrons. The summed E-state index contributed by atoms with van der Waals surface area (Å²) in [6.07, 6.45) is 0.867. The maximum absolute atomic E-state index is 10.9. The van der Waals surface area contributed by atoms with Crippen molar-refractivity contribution in [3.63, 3.8) is 0 Å². The molecule has 1 saturated heterocycles. The van der Waals surface area contributed by atoms with Crippen molar-refractivity contribution in [1.29, 1.82) is 0 Å². The Labute approximate surface area is 162 Å².